The van der Waals surface area contributed by atoms with Crippen molar-refractivity contribution in [2.45, 2.75) is 6.43 Å². The molecule has 0 fully saturated rings. The summed E-state index contributed by atoms with van der Waals surface area (Å²) in [7, 11) is 0. The van der Waals surface area contributed by atoms with E-state index < -0.39 is 29.4 Å². The van der Waals surface area contributed by atoms with Crippen LogP contribution in [0.15, 0.2) is 6.20 Å². The number of alkyl halides is 2. The quantitative estimate of drug-likeness (QED) is 0.847. The van der Waals surface area contributed by atoms with Gasteiger partial charge in [-0.25, -0.2) is 13.2 Å². The third-order valence-electron chi connectivity index (χ3n) is 1.45. The molecular weight excluding hydrogens is 312 g/mol. The predicted octanol–water partition coefficient (Wildman–Crippen LogP) is 1.86. The largest absolute Gasteiger partial charge is 0.365 e. The van der Waals surface area contributed by atoms with E-state index in [0.717, 1.165) is 0 Å². The van der Waals surface area contributed by atoms with Crippen molar-refractivity contribution < 1.29 is 18.0 Å². The lowest BCUT2D eigenvalue weighted by Crippen LogP contribution is -2.17. The van der Waals surface area contributed by atoms with Crippen LogP contribution < -0.4 is 5.73 Å². The first-order chi connectivity index (χ1) is 6.45. The van der Waals surface area contributed by atoms with Gasteiger partial charge in [0, 0.05) is 0 Å². The summed E-state index contributed by atoms with van der Waals surface area (Å²) in [5.74, 6) is -2.08. The third-order valence-corrected chi connectivity index (χ3v) is 2.55. The number of carbonyl (C=O) groups excluding carboxylic acids is 1. The molecule has 0 aliphatic carbocycles. The fourth-order valence-corrected chi connectivity index (χ4v) is 1.76. The summed E-state index contributed by atoms with van der Waals surface area (Å²) in [6, 6.07) is 0. The normalized spacial score (nSPS) is 10.6. The van der Waals surface area contributed by atoms with Gasteiger partial charge in [-0.2, -0.15) is 0 Å². The van der Waals surface area contributed by atoms with Crippen molar-refractivity contribution in [3.8, 4) is 0 Å². The summed E-state index contributed by atoms with van der Waals surface area (Å²) in [5, 5.41) is 0. The van der Waals surface area contributed by atoms with Gasteiger partial charge < -0.3 is 5.73 Å². The van der Waals surface area contributed by atoms with Gasteiger partial charge in [-0.3, -0.25) is 9.78 Å². The van der Waals surface area contributed by atoms with Gasteiger partial charge in [0.1, 0.15) is 5.69 Å². The third kappa shape index (κ3) is 1.97. The number of hydrogen-bond acceptors (Lipinski definition) is 2. The van der Waals surface area contributed by atoms with Crippen molar-refractivity contribution in [1.82, 2.24) is 4.98 Å². The molecule has 0 aliphatic heterocycles. The Bertz CT molecular complexity index is 383. The number of hydrogen-bond donors (Lipinski definition) is 1. The van der Waals surface area contributed by atoms with Crippen molar-refractivity contribution in [2.75, 3.05) is 0 Å². The second-order valence-electron chi connectivity index (χ2n) is 2.35. The van der Waals surface area contributed by atoms with E-state index in [-0.39, 0.29) is 3.57 Å². The Morgan fingerprint density at radius 1 is 1.57 bits per heavy atom. The minimum absolute atomic E-state index is 0.245. The van der Waals surface area contributed by atoms with Gasteiger partial charge >= 0.3 is 0 Å². The molecule has 76 valence electrons. The van der Waals surface area contributed by atoms with E-state index in [1.807, 2.05) is 0 Å². The molecule has 14 heavy (non-hydrogen) atoms. The number of pyridine rings is 1. The van der Waals surface area contributed by atoms with Gasteiger partial charge in [0.05, 0.1) is 15.3 Å². The van der Waals surface area contributed by atoms with E-state index in [4.69, 9.17) is 5.73 Å². The Morgan fingerprint density at radius 3 is 2.57 bits per heavy atom. The fraction of sp³-hybridized carbons (Fsp3) is 0.143. The van der Waals surface area contributed by atoms with Crippen LogP contribution in [-0.2, 0) is 0 Å². The maximum atomic E-state index is 12.9. The molecule has 2 N–H and O–H groups in total. The smallest absolute Gasteiger partial charge is 0.281 e. The molecule has 0 aromatic carbocycles. The first-order valence-corrected chi connectivity index (χ1v) is 4.45. The molecule has 3 nitrogen and oxygen atoms in total. The monoisotopic (exact) mass is 316 g/mol. The number of carbonyl (C=O) groups is 1. The van der Waals surface area contributed by atoms with Crippen molar-refractivity contribution in [3.05, 3.63) is 26.8 Å². The molecule has 0 unspecified atom stereocenters. The van der Waals surface area contributed by atoms with Crippen LogP contribution in [0.4, 0.5) is 13.2 Å². The number of nitrogens with zero attached hydrogens (tertiary/aromatic N) is 1. The standard InChI is InChI=1S/C7H4F3IN2O/c8-2-1-13-5(6(9)10)4(11)3(2)7(12)14/h1,6H,(H2,12,14). The predicted molar refractivity (Wildman–Crippen MR) is 50.4 cm³/mol. The molecule has 1 aromatic heterocycles. The van der Waals surface area contributed by atoms with Crippen LogP contribution in [-0.4, -0.2) is 10.9 Å². The Kier molecular flexibility index (Phi) is 3.29. The number of aromatic nitrogens is 1. The topological polar surface area (TPSA) is 56.0 Å². The highest BCUT2D eigenvalue weighted by atomic mass is 127. The SMILES string of the molecule is NC(=O)c1c(F)cnc(C(F)F)c1I. The average Bonchev–Trinajstić information content (AvgIpc) is 2.02. The minimum Gasteiger partial charge on any atom is -0.365 e. The Morgan fingerprint density at radius 2 is 2.14 bits per heavy atom. The first kappa shape index (κ1) is 11.2. The Hall–Kier alpha value is -0.860. The number of amides is 1. The number of halogens is 4. The van der Waals surface area contributed by atoms with Crippen LogP contribution in [0.5, 0.6) is 0 Å². The number of primary amides is 1. The van der Waals surface area contributed by atoms with Gasteiger partial charge in [0.15, 0.2) is 5.82 Å². The molecule has 0 atom stereocenters. The van der Waals surface area contributed by atoms with Gasteiger partial charge in [-0.05, 0) is 22.6 Å². The van der Waals surface area contributed by atoms with E-state index in [0.29, 0.717) is 6.20 Å². The number of rotatable bonds is 2. The van der Waals surface area contributed by atoms with Crippen molar-refractivity contribution >= 4 is 28.5 Å². The minimum atomic E-state index is -2.86. The molecular formula is C7H4F3IN2O. The zero-order valence-electron chi connectivity index (χ0n) is 6.60. The van der Waals surface area contributed by atoms with Crippen LogP contribution in [0.3, 0.4) is 0 Å². The molecule has 1 amide bonds. The van der Waals surface area contributed by atoms with E-state index in [1.54, 1.807) is 0 Å². The molecule has 1 rings (SSSR count). The fourth-order valence-electron chi connectivity index (χ4n) is 0.858. The second-order valence-corrected chi connectivity index (χ2v) is 3.42. The molecule has 0 saturated carbocycles. The van der Waals surface area contributed by atoms with Gasteiger partial charge in [0.2, 0.25) is 0 Å². The molecule has 0 saturated heterocycles. The van der Waals surface area contributed by atoms with Gasteiger partial charge in [0.25, 0.3) is 12.3 Å². The molecule has 0 bridgehead atoms. The highest BCUT2D eigenvalue weighted by molar-refractivity contribution is 14.1. The van der Waals surface area contributed by atoms with Crippen molar-refractivity contribution in [3.63, 3.8) is 0 Å². The first-order valence-electron chi connectivity index (χ1n) is 3.37. The van der Waals surface area contributed by atoms with Gasteiger partial charge in [-0.15, -0.1) is 0 Å². The second kappa shape index (κ2) is 4.11. The maximum Gasteiger partial charge on any atom is 0.281 e. The zero-order chi connectivity index (χ0) is 10.9. The van der Waals surface area contributed by atoms with E-state index in [9.17, 15) is 18.0 Å². The molecule has 0 radical (unpaired) electrons. The van der Waals surface area contributed by atoms with Crippen LogP contribution in [0.25, 0.3) is 0 Å². The Labute approximate surface area is 90.6 Å². The van der Waals surface area contributed by atoms with E-state index >= 15 is 0 Å². The summed E-state index contributed by atoms with van der Waals surface area (Å²) in [5.41, 5.74) is 3.64. The van der Waals surface area contributed by atoms with Crippen LogP contribution in [0.2, 0.25) is 0 Å². The lowest BCUT2D eigenvalue weighted by atomic mass is 10.2. The summed E-state index contributed by atoms with van der Waals surface area (Å²) >= 11 is 1.41. The molecule has 0 aliphatic rings. The van der Waals surface area contributed by atoms with Crippen LogP contribution in [0, 0.1) is 9.39 Å². The molecule has 7 heteroatoms. The van der Waals surface area contributed by atoms with Gasteiger partial charge in [-0.1, -0.05) is 0 Å². The summed E-state index contributed by atoms with van der Waals surface area (Å²) in [6.07, 6.45) is -2.30. The summed E-state index contributed by atoms with van der Waals surface area (Å²) in [6.45, 7) is 0. The average molecular weight is 316 g/mol. The van der Waals surface area contributed by atoms with Crippen LogP contribution >= 0.6 is 22.6 Å². The lowest BCUT2D eigenvalue weighted by molar-refractivity contribution is 0.0994. The molecule has 1 aromatic rings. The van der Waals surface area contributed by atoms with Crippen molar-refractivity contribution in [1.29, 1.82) is 0 Å². The zero-order valence-corrected chi connectivity index (χ0v) is 8.76. The highest BCUT2D eigenvalue weighted by Crippen LogP contribution is 2.25. The Balaban J connectivity index is 3.41. The van der Waals surface area contributed by atoms with E-state index in [1.165, 1.54) is 22.6 Å². The lowest BCUT2D eigenvalue weighted by Gasteiger charge is -2.06. The maximum absolute atomic E-state index is 12.9. The summed E-state index contributed by atoms with van der Waals surface area (Å²) < 4.78 is 37.2. The highest BCUT2D eigenvalue weighted by Gasteiger charge is 2.22. The summed E-state index contributed by atoms with van der Waals surface area (Å²) in [4.78, 5) is 13.9. The number of nitrogens with two attached hydrogens (primary N) is 1. The molecule has 1 heterocycles. The van der Waals surface area contributed by atoms with Crippen LogP contribution in [0.1, 0.15) is 22.5 Å². The van der Waals surface area contributed by atoms with Crippen molar-refractivity contribution in [2.24, 2.45) is 5.73 Å². The molecule has 0 spiro atoms. The van der Waals surface area contributed by atoms with E-state index in [2.05, 4.69) is 4.98 Å².